The van der Waals surface area contributed by atoms with Gasteiger partial charge in [-0.15, -0.1) is 0 Å². The molecular formula is C27H35N3O4. The van der Waals surface area contributed by atoms with Crippen LogP contribution in [0.25, 0.3) is 0 Å². The molecule has 0 radical (unpaired) electrons. The highest BCUT2D eigenvalue weighted by atomic mass is 16.5. The average molecular weight is 466 g/mol. The van der Waals surface area contributed by atoms with E-state index in [1.165, 1.54) is 0 Å². The molecule has 0 saturated heterocycles. The Morgan fingerprint density at radius 1 is 1.29 bits per heavy atom. The highest BCUT2D eigenvalue weighted by Crippen LogP contribution is 2.27. The number of amides is 1. The van der Waals surface area contributed by atoms with E-state index in [0.717, 1.165) is 30.8 Å². The van der Waals surface area contributed by atoms with Crippen molar-refractivity contribution in [2.75, 3.05) is 40.4 Å². The summed E-state index contributed by atoms with van der Waals surface area (Å²) in [6, 6.07) is 8.89. The van der Waals surface area contributed by atoms with Crippen molar-refractivity contribution in [2.45, 2.75) is 39.3 Å². The standard InChI is InChI=1S/C27H35N3O4/c1-6-13-29(4)17-25-19(2)16-30(20(3)18-31)27(32)24-14-22(15-28-26(24)34-25)8-7-21-9-11-23(33-5)12-10-21/h9-12,14-15,19-20,25,31H,6,13,16-18H2,1-5H3/t19-,20+,25-/m1/s1. The molecule has 182 valence electrons. The quantitative estimate of drug-likeness (QED) is 0.634. The van der Waals surface area contributed by atoms with Gasteiger partial charge < -0.3 is 24.4 Å². The molecule has 0 aliphatic carbocycles. The molecule has 0 unspecified atom stereocenters. The fourth-order valence-corrected chi connectivity index (χ4v) is 3.99. The summed E-state index contributed by atoms with van der Waals surface area (Å²) >= 11 is 0. The Bertz CT molecular complexity index is 1030. The molecule has 3 rings (SSSR count). The van der Waals surface area contributed by atoms with Crippen molar-refractivity contribution in [1.82, 2.24) is 14.8 Å². The molecule has 34 heavy (non-hydrogen) atoms. The topological polar surface area (TPSA) is 75.1 Å². The number of benzene rings is 1. The maximum absolute atomic E-state index is 13.5. The van der Waals surface area contributed by atoms with Gasteiger partial charge in [-0.2, -0.15) is 0 Å². The van der Waals surface area contributed by atoms with Crippen LogP contribution in [0, 0.1) is 17.8 Å². The molecule has 1 aromatic carbocycles. The van der Waals surface area contributed by atoms with Crippen LogP contribution in [-0.4, -0.2) is 78.3 Å². The second-order valence-electron chi connectivity index (χ2n) is 8.94. The van der Waals surface area contributed by atoms with E-state index in [-0.39, 0.29) is 30.6 Å². The predicted octanol–water partition coefficient (Wildman–Crippen LogP) is 3.05. The number of carbonyl (C=O) groups excluding carboxylic acids is 1. The van der Waals surface area contributed by atoms with Crippen LogP contribution >= 0.6 is 0 Å². The summed E-state index contributed by atoms with van der Waals surface area (Å²) in [4.78, 5) is 21.9. The van der Waals surface area contributed by atoms with E-state index in [1.807, 2.05) is 31.2 Å². The number of aliphatic hydroxyl groups is 1. The maximum atomic E-state index is 13.5. The fraction of sp³-hybridized carbons (Fsp3) is 0.481. The molecule has 1 aliphatic rings. The Kier molecular flexibility index (Phi) is 8.91. The van der Waals surface area contributed by atoms with Crippen molar-refractivity contribution in [3.63, 3.8) is 0 Å². The van der Waals surface area contributed by atoms with Gasteiger partial charge in [0, 0.05) is 36.3 Å². The minimum atomic E-state index is -0.316. The van der Waals surface area contributed by atoms with Gasteiger partial charge in [-0.05, 0) is 57.3 Å². The van der Waals surface area contributed by atoms with Gasteiger partial charge >= 0.3 is 0 Å². The molecule has 7 nitrogen and oxygen atoms in total. The summed E-state index contributed by atoms with van der Waals surface area (Å²) < 4.78 is 11.5. The van der Waals surface area contributed by atoms with Crippen LogP contribution in [0.3, 0.4) is 0 Å². The lowest BCUT2D eigenvalue weighted by Gasteiger charge is -2.37. The zero-order chi connectivity index (χ0) is 24.7. The Labute approximate surface area is 202 Å². The molecule has 0 saturated carbocycles. The zero-order valence-corrected chi connectivity index (χ0v) is 20.7. The first-order chi connectivity index (χ1) is 16.4. The van der Waals surface area contributed by atoms with E-state index in [9.17, 15) is 9.90 Å². The smallest absolute Gasteiger partial charge is 0.259 e. The first-order valence-corrected chi connectivity index (χ1v) is 11.8. The molecule has 2 aromatic rings. The van der Waals surface area contributed by atoms with Crippen molar-refractivity contribution in [3.05, 3.63) is 53.2 Å². The van der Waals surface area contributed by atoms with E-state index in [1.54, 1.807) is 24.3 Å². The lowest BCUT2D eigenvalue weighted by molar-refractivity contribution is 0.0331. The lowest BCUT2D eigenvalue weighted by Crippen LogP contribution is -2.50. The number of rotatable bonds is 7. The molecule has 1 aliphatic heterocycles. The van der Waals surface area contributed by atoms with Crippen LogP contribution in [0.1, 0.15) is 48.7 Å². The number of nitrogens with zero attached hydrogens (tertiary/aromatic N) is 3. The third-order valence-electron chi connectivity index (χ3n) is 6.06. The third-order valence-corrected chi connectivity index (χ3v) is 6.06. The SMILES string of the molecule is CCCN(C)C[C@H]1Oc2ncc(C#Cc3ccc(OC)cc3)cc2C(=O)N([C@@H](C)CO)C[C@H]1C. The molecule has 0 fully saturated rings. The zero-order valence-electron chi connectivity index (χ0n) is 20.7. The van der Waals surface area contributed by atoms with Crippen LogP contribution in [0.4, 0.5) is 0 Å². The number of aromatic nitrogens is 1. The maximum Gasteiger partial charge on any atom is 0.259 e. The molecule has 7 heteroatoms. The second-order valence-corrected chi connectivity index (χ2v) is 8.94. The summed E-state index contributed by atoms with van der Waals surface area (Å²) in [5.41, 5.74) is 1.83. The largest absolute Gasteiger partial charge is 0.497 e. The minimum Gasteiger partial charge on any atom is -0.497 e. The van der Waals surface area contributed by atoms with E-state index in [2.05, 4.69) is 42.6 Å². The van der Waals surface area contributed by atoms with Crippen LogP contribution in [0.2, 0.25) is 0 Å². The highest BCUT2D eigenvalue weighted by Gasteiger charge is 2.34. The second kappa shape index (κ2) is 11.9. The Balaban J connectivity index is 1.95. The summed E-state index contributed by atoms with van der Waals surface area (Å²) in [6.45, 7) is 8.15. The van der Waals surface area contributed by atoms with E-state index in [4.69, 9.17) is 9.47 Å². The molecule has 0 spiro atoms. The van der Waals surface area contributed by atoms with Gasteiger partial charge in [0.05, 0.1) is 19.8 Å². The Hall–Kier alpha value is -3.08. The van der Waals surface area contributed by atoms with Crippen molar-refractivity contribution in [3.8, 4) is 23.5 Å². The van der Waals surface area contributed by atoms with Crippen LogP contribution in [0.15, 0.2) is 36.5 Å². The summed E-state index contributed by atoms with van der Waals surface area (Å²) in [5, 5.41) is 9.80. The number of pyridine rings is 1. The van der Waals surface area contributed by atoms with Crippen molar-refractivity contribution in [1.29, 1.82) is 0 Å². The van der Waals surface area contributed by atoms with E-state index < -0.39 is 0 Å². The van der Waals surface area contributed by atoms with Gasteiger partial charge in [0.2, 0.25) is 5.88 Å². The molecular weight excluding hydrogens is 430 g/mol. The van der Waals surface area contributed by atoms with Gasteiger partial charge in [0.1, 0.15) is 17.4 Å². The fourth-order valence-electron chi connectivity index (χ4n) is 3.99. The lowest BCUT2D eigenvalue weighted by atomic mass is 10.00. The van der Waals surface area contributed by atoms with Crippen LogP contribution < -0.4 is 9.47 Å². The molecule has 1 aromatic heterocycles. The number of aliphatic hydroxyl groups excluding tert-OH is 1. The Morgan fingerprint density at radius 3 is 2.65 bits per heavy atom. The molecule has 1 N–H and O–H groups in total. The Morgan fingerprint density at radius 2 is 2.00 bits per heavy atom. The van der Waals surface area contributed by atoms with Crippen molar-refractivity contribution in [2.24, 2.45) is 5.92 Å². The van der Waals surface area contributed by atoms with Gasteiger partial charge in [0.15, 0.2) is 0 Å². The number of carbonyl (C=O) groups is 1. The highest BCUT2D eigenvalue weighted by molar-refractivity contribution is 5.97. The summed E-state index contributed by atoms with van der Waals surface area (Å²) in [5.74, 6) is 7.15. The van der Waals surface area contributed by atoms with Crippen molar-refractivity contribution < 1.29 is 19.4 Å². The van der Waals surface area contributed by atoms with E-state index >= 15 is 0 Å². The van der Waals surface area contributed by atoms with Gasteiger partial charge in [0.25, 0.3) is 5.91 Å². The van der Waals surface area contributed by atoms with Crippen LogP contribution in [-0.2, 0) is 0 Å². The number of ether oxygens (including phenoxy) is 2. The third kappa shape index (κ3) is 6.28. The normalized spacial score (nSPS) is 18.8. The number of hydrogen-bond acceptors (Lipinski definition) is 6. The van der Waals surface area contributed by atoms with Gasteiger partial charge in [-0.25, -0.2) is 4.98 Å². The summed E-state index contributed by atoms with van der Waals surface area (Å²) in [6.07, 6.45) is 2.55. The van der Waals surface area contributed by atoms with Crippen molar-refractivity contribution >= 4 is 5.91 Å². The van der Waals surface area contributed by atoms with Crippen LogP contribution in [0.5, 0.6) is 11.6 Å². The molecule has 3 atom stereocenters. The molecule has 2 heterocycles. The number of hydrogen-bond donors (Lipinski definition) is 1. The van der Waals surface area contributed by atoms with Gasteiger partial charge in [-0.3, -0.25) is 4.79 Å². The average Bonchev–Trinajstić information content (AvgIpc) is 2.85. The molecule has 0 bridgehead atoms. The first-order valence-electron chi connectivity index (χ1n) is 11.8. The predicted molar refractivity (Wildman–Crippen MR) is 132 cm³/mol. The number of fused-ring (bicyclic) bond motifs is 1. The summed E-state index contributed by atoms with van der Waals surface area (Å²) in [7, 11) is 3.70. The minimum absolute atomic E-state index is 0.0711. The first kappa shape index (κ1) is 25.5. The van der Waals surface area contributed by atoms with Gasteiger partial charge in [-0.1, -0.05) is 25.7 Å². The van der Waals surface area contributed by atoms with E-state index in [0.29, 0.717) is 23.6 Å². The number of methoxy groups -OCH3 is 1. The molecule has 1 amide bonds. The monoisotopic (exact) mass is 465 g/mol. The number of likely N-dealkylation sites (N-methyl/N-ethyl adjacent to an activating group) is 1.